The molecule has 0 aliphatic heterocycles. The smallest absolute Gasteiger partial charge is 0.153 e. The number of phenolic OH excluding ortho intramolecular Hbond substituents is 1. The van der Waals surface area contributed by atoms with Gasteiger partial charge in [0.15, 0.2) is 6.29 Å². The Morgan fingerprint density at radius 3 is 2.92 bits per heavy atom. The number of carbonyl (C=O) groups excluding carboxylic acids is 1. The van der Waals surface area contributed by atoms with Crippen LogP contribution < -0.4 is 4.74 Å². The second-order valence-corrected chi connectivity index (χ2v) is 2.33. The highest BCUT2D eigenvalue weighted by Gasteiger charge is 2.00. The molecule has 0 aliphatic carbocycles. The van der Waals surface area contributed by atoms with E-state index in [1.165, 1.54) is 12.1 Å². The first-order valence-electron chi connectivity index (χ1n) is 3.62. The van der Waals surface area contributed by atoms with Crippen molar-refractivity contribution in [1.82, 2.24) is 0 Å². The third-order valence-electron chi connectivity index (χ3n) is 1.45. The number of hydrogen-bond donors (Lipinski definition) is 1. The minimum Gasteiger partial charge on any atom is -0.507 e. The van der Waals surface area contributed by atoms with Crippen LogP contribution in [0.15, 0.2) is 18.2 Å². The van der Waals surface area contributed by atoms with Crippen LogP contribution in [0.2, 0.25) is 0 Å². The van der Waals surface area contributed by atoms with Crippen molar-refractivity contribution in [3.63, 3.8) is 0 Å². The highest BCUT2D eigenvalue weighted by Crippen LogP contribution is 2.21. The molecule has 0 spiro atoms. The van der Waals surface area contributed by atoms with Crippen molar-refractivity contribution in [2.24, 2.45) is 0 Å². The van der Waals surface area contributed by atoms with Gasteiger partial charge in [0, 0.05) is 6.07 Å². The van der Waals surface area contributed by atoms with Crippen LogP contribution in [0.4, 0.5) is 0 Å². The Morgan fingerprint density at radius 1 is 1.62 bits per heavy atom. The first-order chi connectivity index (χ1) is 6.27. The molecular formula is C10H8O3. The number of carbonyl (C=O) groups is 1. The first-order valence-corrected chi connectivity index (χ1v) is 3.62. The number of aromatic hydroxyl groups is 1. The number of aldehydes is 1. The molecule has 0 aromatic heterocycles. The average Bonchev–Trinajstić information content (AvgIpc) is 2.15. The summed E-state index contributed by atoms with van der Waals surface area (Å²) in [7, 11) is 0. The van der Waals surface area contributed by atoms with Gasteiger partial charge in [0.1, 0.15) is 18.1 Å². The highest BCUT2D eigenvalue weighted by atomic mass is 16.5. The third-order valence-corrected chi connectivity index (χ3v) is 1.45. The van der Waals surface area contributed by atoms with E-state index < -0.39 is 0 Å². The van der Waals surface area contributed by atoms with Crippen molar-refractivity contribution in [3.05, 3.63) is 23.8 Å². The van der Waals surface area contributed by atoms with Crippen molar-refractivity contribution in [3.8, 4) is 23.8 Å². The van der Waals surface area contributed by atoms with Crippen molar-refractivity contribution in [2.45, 2.75) is 0 Å². The fraction of sp³-hybridized carbons (Fsp3) is 0.100. The summed E-state index contributed by atoms with van der Waals surface area (Å²) in [5, 5.41) is 9.23. The standard InChI is InChI=1S/C10H8O3/c1-2-5-13-9-4-3-8(7-11)10(12)6-9/h1,3-4,6-7,12H,5H2. The quantitative estimate of drug-likeness (QED) is 0.556. The molecule has 0 atom stereocenters. The van der Waals surface area contributed by atoms with Gasteiger partial charge < -0.3 is 9.84 Å². The van der Waals surface area contributed by atoms with Gasteiger partial charge in [-0.15, -0.1) is 6.42 Å². The maximum absolute atomic E-state index is 10.3. The van der Waals surface area contributed by atoms with E-state index in [0.717, 1.165) is 0 Å². The summed E-state index contributed by atoms with van der Waals surface area (Å²) in [6.45, 7) is 0.139. The van der Waals surface area contributed by atoms with Gasteiger partial charge in [-0.1, -0.05) is 5.92 Å². The topological polar surface area (TPSA) is 46.5 Å². The predicted molar refractivity (Wildman–Crippen MR) is 47.8 cm³/mol. The van der Waals surface area contributed by atoms with Crippen LogP contribution in [-0.4, -0.2) is 18.0 Å². The molecule has 1 aromatic carbocycles. The molecule has 0 saturated heterocycles. The van der Waals surface area contributed by atoms with Crippen LogP contribution in [-0.2, 0) is 0 Å². The summed E-state index contributed by atoms with van der Waals surface area (Å²) < 4.78 is 5.02. The lowest BCUT2D eigenvalue weighted by Gasteiger charge is -2.03. The summed E-state index contributed by atoms with van der Waals surface area (Å²) >= 11 is 0. The van der Waals surface area contributed by atoms with Crippen LogP contribution >= 0.6 is 0 Å². The SMILES string of the molecule is C#CCOc1ccc(C=O)c(O)c1. The highest BCUT2D eigenvalue weighted by molar-refractivity contribution is 5.79. The van der Waals surface area contributed by atoms with E-state index in [1.807, 2.05) is 0 Å². The molecular weight excluding hydrogens is 168 g/mol. The molecule has 3 heteroatoms. The van der Waals surface area contributed by atoms with Gasteiger partial charge in [-0.3, -0.25) is 4.79 Å². The van der Waals surface area contributed by atoms with Crippen LogP contribution in [0.1, 0.15) is 10.4 Å². The molecule has 0 fully saturated rings. The predicted octanol–water partition coefficient (Wildman–Crippen LogP) is 1.22. The van der Waals surface area contributed by atoms with E-state index in [2.05, 4.69) is 5.92 Å². The van der Waals surface area contributed by atoms with E-state index in [0.29, 0.717) is 12.0 Å². The number of hydrogen-bond acceptors (Lipinski definition) is 3. The Morgan fingerprint density at radius 2 is 2.38 bits per heavy atom. The Hall–Kier alpha value is -1.95. The van der Waals surface area contributed by atoms with Crippen molar-refractivity contribution < 1.29 is 14.6 Å². The molecule has 0 heterocycles. The first kappa shape index (κ1) is 9.14. The Bertz CT molecular complexity index is 350. The van der Waals surface area contributed by atoms with Crippen molar-refractivity contribution >= 4 is 6.29 Å². The fourth-order valence-corrected chi connectivity index (χ4v) is 0.838. The Labute approximate surface area is 76.0 Å². The van der Waals surface area contributed by atoms with Gasteiger partial charge >= 0.3 is 0 Å². The molecule has 0 unspecified atom stereocenters. The van der Waals surface area contributed by atoms with E-state index in [-0.39, 0.29) is 17.9 Å². The van der Waals surface area contributed by atoms with Gasteiger partial charge in [0.05, 0.1) is 5.56 Å². The monoisotopic (exact) mass is 176 g/mol. The lowest BCUT2D eigenvalue weighted by Crippen LogP contribution is -1.93. The van der Waals surface area contributed by atoms with E-state index in [1.54, 1.807) is 6.07 Å². The van der Waals surface area contributed by atoms with Gasteiger partial charge in [-0.05, 0) is 12.1 Å². The number of phenols is 1. The minimum atomic E-state index is -0.107. The molecule has 1 N–H and O–H groups in total. The van der Waals surface area contributed by atoms with Crippen molar-refractivity contribution in [1.29, 1.82) is 0 Å². The summed E-state index contributed by atoms with van der Waals surface area (Å²) in [5.74, 6) is 2.63. The molecule has 0 radical (unpaired) electrons. The zero-order valence-electron chi connectivity index (χ0n) is 6.86. The molecule has 0 bridgehead atoms. The lowest BCUT2D eigenvalue weighted by atomic mass is 10.2. The second-order valence-electron chi connectivity index (χ2n) is 2.33. The molecule has 0 saturated carbocycles. The van der Waals surface area contributed by atoms with Gasteiger partial charge in [0.25, 0.3) is 0 Å². The zero-order chi connectivity index (χ0) is 9.68. The largest absolute Gasteiger partial charge is 0.507 e. The van der Waals surface area contributed by atoms with Gasteiger partial charge in [-0.25, -0.2) is 0 Å². The minimum absolute atomic E-state index is 0.107. The lowest BCUT2D eigenvalue weighted by molar-refractivity contribution is 0.112. The van der Waals surface area contributed by atoms with Crippen LogP contribution in [0.5, 0.6) is 11.5 Å². The van der Waals surface area contributed by atoms with Crippen LogP contribution in [0.3, 0.4) is 0 Å². The normalized spacial score (nSPS) is 8.85. The van der Waals surface area contributed by atoms with Crippen LogP contribution in [0, 0.1) is 12.3 Å². The van der Waals surface area contributed by atoms with Crippen molar-refractivity contribution in [2.75, 3.05) is 6.61 Å². The van der Waals surface area contributed by atoms with Gasteiger partial charge in [0.2, 0.25) is 0 Å². The molecule has 1 aromatic rings. The average molecular weight is 176 g/mol. The van der Waals surface area contributed by atoms with Gasteiger partial charge in [-0.2, -0.15) is 0 Å². The number of rotatable bonds is 3. The molecule has 3 nitrogen and oxygen atoms in total. The maximum Gasteiger partial charge on any atom is 0.153 e. The number of terminal acetylenes is 1. The van der Waals surface area contributed by atoms with E-state index in [4.69, 9.17) is 11.2 Å². The summed E-state index contributed by atoms with van der Waals surface area (Å²) in [5.41, 5.74) is 0.230. The maximum atomic E-state index is 10.3. The summed E-state index contributed by atoms with van der Waals surface area (Å²) in [6.07, 6.45) is 5.55. The molecule has 13 heavy (non-hydrogen) atoms. The summed E-state index contributed by atoms with van der Waals surface area (Å²) in [4.78, 5) is 10.3. The Balaban J connectivity index is 2.84. The molecule has 0 amide bonds. The van der Waals surface area contributed by atoms with E-state index in [9.17, 15) is 9.90 Å². The number of benzene rings is 1. The second kappa shape index (κ2) is 4.17. The number of ether oxygens (including phenoxy) is 1. The third kappa shape index (κ3) is 2.24. The van der Waals surface area contributed by atoms with E-state index >= 15 is 0 Å². The molecule has 66 valence electrons. The summed E-state index contributed by atoms with van der Waals surface area (Å²) in [6, 6.07) is 4.38. The molecule has 0 aliphatic rings. The zero-order valence-corrected chi connectivity index (χ0v) is 6.86. The Kier molecular flexibility index (Phi) is 2.93. The fourth-order valence-electron chi connectivity index (χ4n) is 0.838. The van der Waals surface area contributed by atoms with Crippen LogP contribution in [0.25, 0.3) is 0 Å². The molecule has 1 rings (SSSR count).